The van der Waals surface area contributed by atoms with Crippen LogP contribution in [0.15, 0.2) is 29.1 Å². The van der Waals surface area contributed by atoms with Gasteiger partial charge in [-0.2, -0.15) is 4.68 Å². The Morgan fingerprint density at radius 1 is 1.18 bits per heavy atom. The lowest BCUT2D eigenvalue weighted by molar-refractivity contribution is -0.143. The molecule has 0 saturated heterocycles. The second kappa shape index (κ2) is 9.07. The molecule has 28 heavy (non-hydrogen) atoms. The second-order valence-electron chi connectivity index (χ2n) is 6.83. The van der Waals surface area contributed by atoms with Crippen LogP contribution in [0.5, 0.6) is 0 Å². The van der Waals surface area contributed by atoms with Gasteiger partial charge in [-0.05, 0) is 30.9 Å². The highest BCUT2D eigenvalue weighted by Gasteiger charge is 2.29. The Morgan fingerprint density at radius 3 is 2.46 bits per heavy atom. The molecule has 0 spiro atoms. The summed E-state index contributed by atoms with van der Waals surface area (Å²) in [5.41, 5.74) is -0.124. The standard InChI is InChI=1S/C18H22N4O6/c1-10(2)9-14(16(25)19-13(18(27)28)7-8-15(23)24)22-17(26)11-5-3-4-6-12(11)20-21-22/h3-6,10,13-14H,7-9H2,1-2H3,(H,19,25)(H,23,24)(H,27,28). The van der Waals surface area contributed by atoms with E-state index in [1.807, 2.05) is 13.8 Å². The third kappa shape index (κ3) is 5.12. The average Bonchev–Trinajstić information content (AvgIpc) is 2.63. The summed E-state index contributed by atoms with van der Waals surface area (Å²) >= 11 is 0. The zero-order valence-corrected chi connectivity index (χ0v) is 15.5. The Kier molecular flexibility index (Phi) is 6.80. The molecule has 2 atom stereocenters. The molecule has 10 nitrogen and oxygen atoms in total. The van der Waals surface area contributed by atoms with E-state index in [0.717, 1.165) is 4.68 Å². The monoisotopic (exact) mass is 390 g/mol. The highest BCUT2D eigenvalue weighted by Crippen LogP contribution is 2.17. The summed E-state index contributed by atoms with van der Waals surface area (Å²) in [7, 11) is 0. The van der Waals surface area contributed by atoms with Crippen LogP contribution in [-0.2, 0) is 14.4 Å². The number of carbonyl (C=O) groups excluding carboxylic acids is 1. The van der Waals surface area contributed by atoms with Crippen LogP contribution in [0.2, 0.25) is 0 Å². The van der Waals surface area contributed by atoms with Crippen molar-refractivity contribution in [3.63, 3.8) is 0 Å². The number of fused-ring (bicyclic) bond motifs is 1. The fourth-order valence-electron chi connectivity index (χ4n) is 2.76. The molecule has 0 fully saturated rings. The molecule has 1 heterocycles. The highest BCUT2D eigenvalue weighted by molar-refractivity contribution is 5.86. The fourth-order valence-corrected chi connectivity index (χ4v) is 2.76. The molecule has 0 aliphatic carbocycles. The molecule has 2 unspecified atom stereocenters. The Morgan fingerprint density at radius 2 is 1.86 bits per heavy atom. The predicted molar refractivity (Wildman–Crippen MR) is 98.7 cm³/mol. The number of benzene rings is 1. The number of aliphatic carboxylic acids is 2. The molecule has 0 radical (unpaired) electrons. The van der Waals surface area contributed by atoms with Gasteiger partial charge < -0.3 is 15.5 Å². The van der Waals surface area contributed by atoms with E-state index < -0.39 is 41.9 Å². The van der Waals surface area contributed by atoms with Gasteiger partial charge in [0.25, 0.3) is 5.56 Å². The van der Waals surface area contributed by atoms with Crippen LogP contribution in [0, 0.1) is 5.92 Å². The third-order valence-corrected chi connectivity index (χ3v) is 4.15. The maximum atomic E-state index is 12.8. The van der Waals surface area contributed by atoms with Crippen molar-refractivity contribution in [2.75, 3.05) is 0 Å². The summed E-state index contributed by atoms with van der Waals surface area (Å²) in [5.74, 6) is -3.25. The first kappa shape index (κ1) is 21.0. The molecule has 10 heteroatoms. The van der Waals surface area contributed by atoms with Gasteiger partial charge in [0.1, 0.15) is 17.6 Å². The Hall–Kier alpha value is -3.30. The van der Waals surface area contributed by atoms with Crippen molar-refractivity contribution in [1.82, 2.24) is 20.3 Å². The molecule has 2 aromatic rings. The minimum atomic E-state index is -1.39. The van der Waals surface area contributed by atoms with Crippen LogP contribution in [0.3, 0.4) is 0 Å². The van der Waals surface area contributed by atoms with Crippen LogP contribution >= 0.6 is 0 Å². The summed E-state index contributed by atoms with van der Waals surface area (Å²) in [5, 5.41) is 28.5. The van der Waals surface area contributed by atoms with E-state index in [0.29, 0.717) is 10.9 Å². The highest BCUT2D eigenvalue weighted by atomic mass is 16.4. The Bertz CT molecular complexity index is 939. The van der Waals surface area contributed by atoms with Crippen LogP contribution in [0.4, 0.5) is 0 Å². The largest absolute Gasteiger partial charge is 0.481 e. The molecule has 1 aromatic heterocycles. The molecule has 3 N–H and O–H groups in total. The lowest BCUT2D eigenvalue weighted by Crippen LogP contribution is -2.46. The van der Waals surface area contributed by atoms with Crippen LogP contribution in [0.25, 0.3) is 10.9 Å². The number of hydrogen-bond acceptors (Lipinski definition) is 6. The van der Waals surface area contributed by atoms with Gasteiger partial charge in [0, 0.05) is 6.42 Å². The SMILES string of the molecule is CC(C)CC(C(=O)NC(CCC(=O)O)C(=O)O)n1nnc2ccccc2c1=O. The van der Waals surface area contributed by atoms with Crippen LogP contribution in [-0.4, -0.2) is 49.1 Å². The molecule has 0 saturated carbocycles. The van der Waals surface area contributed by atoms with Gasteiger partial charge in [-0.15, -0.1) is 5.10 Å². The average molecular weight is 390 g/mol. The maximum Gasteiger partial charge on any atom is 0.326 e. The summed E-state index contributed by atoms with van der Waals surface area (Å²) in [6.45, 7) is 3.69. The summed E-state index contributed by atoms with van der Waals surface area (Å²) in [4.78, 5) is 47.6. The minimum absolute atomic E-state index is 0.00165. The molecular formula is C18H22N4O6. The quantitative estimate of drug-likeness (QED) is 0.569. The van der Waals surface area contributed by atoms with Gasteiger partial charge in [-0.3, -0.25) is 14.4 Å². The van der Waals surface area contributed by atoms with Gasteiger partial charge in [0.15, 0.2) is 0 Å². The van der Waals surface area contributed by atoms with E-state index in [-0.39, 0.29) is 18.8 Å². The fraction of sp³-hybridized carbons (Fsp3) is 0.444. The van der Waals surface area contributed by atoms with Gasteiger partial charge in [0.05, 0.1) is 5.39 Å². The zero-order chi connectivity index (χ0) is 20.8. The van der Waals surface area contributed by atoms with Crippen molar-refractivity contribution in [3.8, 4) is 0 Å². The summed E-state index contributed by atoms with van der Waals surface area (Å²) in [6.07, 6.45) is -0.463. The second-order valence-corrected chi connectivity index (χ2v) is 6.83. The number of amides is 1. The van der Waals surface area contributed by atoms with Crippen LogP contribution < -0.4 is 10.9 Å². The number of hydrogen-bond donors (Lipinski definition) is 3. The molecule has 0 bridgehead atoms. The third-order valence-electron chi connectivity index (χ3n) is 4.15. The molecule has 1 aromatic carbocycles. The molecule has 0 aliphatic rings. The van der Waals surface area contributed by atoms with Crippen molar-refractivity contribution in [2.24, 2.45) is 5.92 Å². The van der Waals surface area contributed by atoms with Gasteiger partial charge in [-0.1, -0.05) is 31.2 Å². The van der Waals surface area contributed by atoms with E-state index >= 15 is 0 Å². The van der Waals surface area contributed by atoms with Gasteiger partial charge >= 0.3 is 11.9 Å². The maximum absolute atomic E-state index is 12.8. The van der Waals surface area contributed by atoms with Gasteiger partial charge in [-0.25, -0.2) is 4.79 Å². The van der Waals surface area contributed by atoms with E-state index in [1.54, 1.807) is 24.3 Å². The predicted octanol–water partition coefficient (Wildman–Crippen LogP) is 0.813. The summed E-state index contributed by atoms with van der Waals surface area (Å²) in [6, 6.07) is 4.11. The number of nitrogens with zero attached hydrogens (tertiary/aromatic N) is 3. The lowest BCUT2D eigenvalue weighted by atomic mass is 10.0. The number of aromatic nitrogens is 3. The number of rotatable bonds is 9. The number of carbonyl (C=O) groups is 3. The molecule has 150 valence electrons. The Balaban J connectivity index is 2.36. The smallest absolute Gasteiger partial charge is 0.326 e. The first-order valence-corrected chi connectivity index (χ1v) is 8.80. The van der Waals surface area contributed by atoms with Gasteiger partial charge in [0.2, 0.25) is 5.91 Å². The molecule has 0 aliphatic heterocycles. The topological polar surface area (TPSA) is 151 Å². The van der Waals surface area contributed by atoms with E-state index in [4.69, 9.17) is 5.11 Å². The first-order valence-electron chi connectivity index (χ1n) is 8.80. The van der Waals surface area contributed by atoms with E-state index in [1.165, 1.54) is 0 Å². The first-order chi connectivity index (χ1) is 13.2. The number of nitrogens with one attached hydrogen (secondary N) is 1. The minimum Gasteiger partial charge on any atom is -0.481 e. The lowest BCUT2D eigenvalue weighted by Gasteiger charge is -2.22. The van der Waals surface area contributed by atoms with E-state index in [2.05, 4.69) is 15.6 Å². The van der Waals surface area contributed by atoms with Crippen molar-refractivity contribution in [1.29, 1.82) is 0 Å². The van der Waals surface area contributed by atoms with Crippen molar-refractivity contribution in [3.05, 3.63) is 34.6 Å². The van der Waals surface area contributed by atoms with E-state index in [9.17, 15) is 24.3 Å². The van der Waals surface area contributed by atoms with Crippen LogP contribution in [0.1, 0.15) is 39.2 Å². The molecule has 2 rings (SSSR count). The normalized spacial score (nSPS) is 13.2. The van der Waals surface area contributed by atoms with Crippen molar-refractivity contribution >= 4 is 28.7 Å². The number of carboxylic acid groups (broad SMARTS) is 2. The Labute approximate surface area is 160 Å². The number of carboxylic acids is 2. The summed E-state index contributed by atoms with van der Waals surface area (Å²) < 4.78 is 0.952. The molecular weight excluding hydrogens is 368 g/mol. The molecule has 1 amide bonds. The van der Waals surface area contributed by atoms with Crippen molar-refractivity contribution in [2.45, 2.75) is 45.2 Å². The zero-order valence-electron chi connectivity index (χ0n) is 15.5. The van der Waals surface area contributed by atoms with Crippen molar-refractivity contribution < 1.29 is 24.6 Å².